The minimum Gasteiger partial charge on any atom is -0.461 e. The Morgan fingerprint density at radius 2 is 2.05 bits per heavy atom. The molecule has 21 heavy (non-hydrogen) atoms. The molecule has 1 amide bonds. The molecule has 0 atom stereocenters. The van der Waals surface area contributed by atoms with E-state index < -0.39 is 0 Å². The monoisotopic (exact) mass is 287 g/mol. The van der Waals surface area contributed by atoms with Crippen molar-refractivity contribution in [2.75, 3.05) is 6.54 Å². The molecule has 0 aliphatic carbocycles. The summed E-state index contributed by atoms with van der Waals surface area (Å²) in [6, 6.07) is 9.45. The van der Waals surface area contributed by atoms with Crippen LogP contribution in [-0.4, -0.2) is 28.2 Å². The molecule has 6 heteroatoms. The Morgan fingerprint density at radius 3 is 2.67 bits per heavy atom. The number of hydrogen-bond donors (Lipinski definition) is 1. The summed E-state index contributed by atoms with van der Waals surface area (Å²) >= 11 is 0. The number of nitrogens with one attached hydrogen (secondary N) is 1. The van der Waals surface area contributed by atoms with Crippen LogP contribution in [0.15, 0.2) is 42.7 Å². The molecule has 0 saturated heterocycles. The summed E-state index contributed by atoms with van der Waals surface area (Å²) < 4.78 is 6.88. The second-order valence-electron chi connectivity index (χ2n) is 4.51. The van der Waals surface area contributed by atoms with Crippen molar-refractivity contribution < 1.29 is 14.3 Å². The van der Waals surface area contributed by atoms with Crippen LogP contribution in [0.5, 0.6) is 0 Å². The molecule has 0 radical (unpaired) electrons. The zero-order chi connectivity index (χ0) is 15.1. The lowest BCUT2D eigenvalue weighted by Crippen LogP contribution is -2.23. The SMILES string of the molecule is CC(=O)NCCC(=O)OCc1ccc(-n2cccn2)cc1. The maximum atomic E-state index is 11.5. The van der Waals surface area contributed by atoms with E-state index >= 15 is 0 Å². The fourth-order valence-corrected chi connectivity index (χ4v) is 1.74. The third-order valence-electron chi connectivity index (χ3n) is 2.81. The van der Waals surface area contributed by atoms with Crippen molar-refractivity contribution >= 4 is 11.9 Å². The number of carbonyl (C=O) groups is 2. The van der Waals surface area contributed by atoms with Crippen LogP contribution in [0, 0.1) is 0 Å². The van der Waals surface area contributed by atoms with E-state index in [-0.39, 0.29) is 24.9 Å². The summed E-state index contributed by atoms with van der Waals surface area (Å²) in [5.41, 5.74) is 1.85. The molecule has 2 aromatic rings. The van der Waals surface area contributed by atoms with Gasteiger partial charge < -0.3 is 10.1 Å². The fourth-order valence-electron chi connectivity index (χ4n) is 1.74. The third-order valence-corrected chi connectivity index (χ3v) is 2.81. The third kappa shape index (κ3) is 4.76. The first-order valence-electron chi connectivity index (χ1n) is 6.64. The predicted octanol–water partition coefficient (Wildman–Crippen LogP) is 1.44. The van der Waals surface area contributed by atoms with Crippen LogP contribution < -0.4 is 5.32 Å². The predicted molar refractivity (Wildman–Crippen MR) is 76.7 cm³/mol. The average Bonchev–Trinajstić information content (AvgIpc) is 2.99. The summed E-state index contributed by atoms with van der Waals surface area (Å²) in [5, 5.41) is 6.68. The molecule has 0 spiro atoms. The number of nitrogens with zero attached hydrogens (tertiary/aromatic N) is 2. The summed E-state index contributed by atoms with van der Waals surface area (Å²) in [6.45, 7) is 1.93. The molecule has 0 aliphatic rings. The quantitative estimate of drug-likeness (QED) is 0.816. The Hall–Kier alpha value is -2.63. The molecule has 1 aromatic heterocycles. The van der Waals surface area contributed by atoms with Crippen LogP contribution >= 0.6 is 0 Å². The maximum Gasteiger partial charge on any atom is 0.307 e. The molecule has 0 saturated carbocycles. The van der Waals surface area contributed by atoms with Gasteiger partial charge in [0.2, 0.25) is 5.91 Å². The first-order chi connectivity index (χ1) is 10.1. The van der Waals surface area contributed by atoms with Gasteiger partial charge in [-0.15, -0.1) is 0 Å². The number of esters is 1. The van der Waals surface area contributed by atoms with Crippen LogP contribution in [-0.2, 0) is 20.9 Å². The van der Waals surface area contributed by atoms with E-state index in [2.05, 4.69) is 10.4 Å². The van der Waals surface area contributed by atoms with E-state index in [4.69, 9.17) is 4.74 Å². The Balaban J connectivity index is 1.78. The van der Waals surface area contributed by atoms with Crippen molar-refractivity contribution in [3.8, 4) is 5.69 Å². The summed E-state index contributed by atoms with van der Waals surface area (Å²) in [5.74, 6) is -0.489. The normalized spacial score (nSPS) is 10.1. The number of amides is 1. The van der Waals surface area contributed by atoms with Crippen molar-refractivity contribution in [1.29, 1.82) is 0 Å². The van der Waals surface area contributed by atoms with Crippen molar-refractivity contribution in [2.24, 2.45) is 0 Å². The standard InChI is InChI=1S/C15H17N3O3/c1-12(19)16-9-7-15(20)21-11-13-3-5-14(6-4-13)18-10-2-8-17-18/h2-6,8,10H,7,9,11H2,1H3,(H,16,19). The minimum atomic E-state index is -0.333. The molecule has 2 rings (SSSR count). The molecular formula is C15H17N3O3. The molecule has 0 unspecified atom stereocenters. The van der Waals surface area contributed by atoms with Gasteiger partial charge in [-0.25, -0.2) is 4.68 Å². The smallest absolute Gasteiger partial charge is 0.307 e. The number of hydrogen-bond acceptors (Lipinski definition) is 4. The molecule has 0 aliphatic heterocycles. The van der Waals surface area contributed by atoms with Crippen molar-refractivity contribution in [2.45, 2.75) is 20.0 Å². The summed E-state index contributed by atoms with van der Waals surface area (Å²) in [4.78, 5) is 22.1. The second-order valence-corrected chi connectivity index (χ2v) is 4.51. The van der Waals surface area contributed by atoms with Crippen LogP contribution in [0.3, 0.4) is 0 Å². The van der Waals surface area contributed by atoms with E-state index in [0.717, 1.165) is 11.3 Å². The number of benzene rings is 1. The Kier molecular flexibility index (Phi) is 5.09. The van der Waals surface area contributed by atoms with Crippen LogP contribution in [0.4, 0.5) is 0 Å². The largest absolute Gasteiger partial charge is 0.461 e. The van der Waals surface area contributed by atoms with Gasteiger partial charge in [-0.3, -0.25) is 9.59 Å². The highest BCUT2D eigenvalue weighted by Gasteiger charge is 2.04. The number of carbonyl (C=O) groups excluding carboxylic acids is 2. The van der Waals surface area contributed by atoms with Gasteiger partial charge in [0.15, 0.2) is 0 Å². The van der Waals surface area contributed by atoms with E-state index in [1.54, 1.807) is 10.9 Å². The van der Waals surface area contributed by atoms with Gasteiger partial charge in [0.1, 0.15) is 6.61 Å². The molecule has 6 nitrogen and oxygen atoms in total. The highest BCUT2D eigenvalue weighted by Crippen LogP contribution is 2.09. The highest BCUT2D eigenvalue weighted by molar-refractivity contribution is 5.74. The number of ether oxygens (including phenoxy) is 1. The van der Waals surface area contributed by atoms with Gasteiger partial charge in [-0.2, -0.15) is 5.10 Å². The molecule has 0 fully saturated rings. The Morgan fingerprint density at radius 1 is 1.29 bits per heavy atom. The van der Waals surface area contributed by atoms with Crippen molar-refractivity contribution in [3.05, 3.63) is 48.3 Å². The van der Waals surface area contributed by atoms with Crippen LogP contribution in [0.2, 0.25) is 0 Å². The maximum absolute atomic E-state index is 11.5. The van der Waals surface area contributed by atoms with Gasteiger partial charge in [-0.05, 0) is 23.8 Å². The van der Waals surface area contributed by atoms with Gasteiger partial charge in [0, 0.05) is 25.9 Å². The first kappa shape index (κ1) is 14.8. The molecular weight excluding hydrogens is 270 g/mol. The number of rotatable bonds is 6. The second kappa shape index (κ2) is 7.23. The van der Waals surface area contributed by atoms with E-state index in [9.17, 15) is 9.59 Å². The van der Waals surface area contributed by atoms with Gasteiger partial charge in [0.05, 0.1) is 12.1 Å². The summed E-state index contributed by atoms with van der Waals surface area (Å²) in [7, 11) is 0. The lowest BCUT2D eigenvalue weighted by Gasteiger charge is -2.06. The first-order valence-corrected chi connectivity index (χ1v) is 6.64. The zero-order valence-corrected chi connectivity index (χ0v) is 11.8. The minimum absolute atomic E-state index is 0.156. The van der Waals surface area contributed by atoms with Crippen molar-refractivity contribution in [1.82, 2.24) is 15.1 Å². The highest BCUT2D eigenvalue weighted by atomic mass is 16.5. The lowest BCUT2D eigenvalue weighted by atomic mass is 10.2. The molecule has 0 bridgehead atoms. The summed E-state index contributed by atoms with van der Waals surface area (Å²) in [6.07, 6.45) is 3.74. The zero-order valence-electron chi connectivity index (χ0n) is 11.8. The van der Waals surface area contributed by atoms with E-state index in [1.165, 1.54) is 6.92 Å². The van der Waals surface area contributed by atoms with Crippen LogP contribution in [0.25, 0.3) is 5.69 Å². The Labute approximate surface area is 122 Å². The topological polar surface area (TPSA) is 73.2 Å². The van der Waals surface area contributed by atoms with Gasteiger partial charge in [0.25, 0.3) is 0 Å². The lowest BCUT2D eigenvalue weighted by molar-refractivity contribution is -0.144. The molecule has 1 heterocycles. The van der Waals surface area contributed by atoms with Crippen molar-refractivity contribution in [3.63, 3.8) is 0 Å². The average molecular weight is 287 g/mol. The molecule has 110 valence electrons. The van der Waals surface area contributed by atoms with Gasteiger partial charge >= 0.3 is 5.97 Å². The Bertz CT molecular complexity index is 591. The van der Waals surface area contributed by atoms with Gasteiger partial charge in [-0.1, -0.05) is 12.1 Å². The van der Waals surface area contributed by atoms with E-state index in [1.807, 2.05) is 36.5 Å². The number of aromatic nitrogens is 2. The van der Waals surface area contributed by atoms with Crippen LogP contribution in [0.1, 0.15) is 18.9 Å². The van der Waals surface area contributed by atoms with E-state index in [0.29, 0.717) is 6.54 Å². The molecule has 1 N–H and O–H groups in total. The fraction of sp³-hybridized carbons (Fsp3) is 0.267. The molecule has 1 aromatic carbocycles.